The first-order chi connectivity index (χ1) is 6.27. The summed E-state index contributed by atoms with van der Waals surface area (Å²) < 4.78 is 1.67. The standard InChI is InChI=1S/C9H9N3S/c1-7-2-3-8(4-11-7)9-5-10-6-12(9)13/h2-6,13H,1H3. The molecule has 13 heavy (non-hydrogen) atoms. The molecule has 2 aromatic rings. The third kappa shape index (κ3) is 1.58. The molecule has 0 fully saturated rings. The Hall–Kier alpha value is -1.29. The van der Waals surface area contributed by atoms with Gasteiger partial charge in [0.2, 0.25) is 0 Å². The number of hydrogen-bond acceptors (Lipinski definition) is 3. The van der Waals surface area contributed by atoms with E-state index in [9.17, 15) is 0 Å². The summed E-state index contributed by atoms with van der Waals surface area (Å²) in [5, 5.41) is 0. The van der Waals surface area contributed by atoms with Crippen LogP contribution in [0.1, 0.15) is 5.69 Å². The first kappa shape index (κ1) is 8.31. The van der Waals surface area contributed by atoms with Gasteiger partial charge < -0.3 is 0 Å². The molecule has 4 heteroatoms. The van der Waals surface area contributed by atoms with E-state index in [0.717, 1.165) is 17.0 Å². The van der Waals surface area contributed by atoms with E-state index in [1.165, 1.54) is 0 Å². The van der Waals surface area contributed by atoms with E-state index >= 15 is 0 Å². The van der Waals surface area contributed by atoms with Crippen molar-refractivity contribution in [3.05, 3.63) is 36.5 Å². The van der Waals surface area contributed by atoms with Crippen LogP contribution < -0.4 is 0 Å². The van der Waals surface area contributed by atoms with E-state index in [1.54, 1.807) is 16.5 Å². The van der Waals surface area contributed by atoms with Crippen molar-refractivity contribution in [2.24, 2.45) is 0 Å². The Morgan fingerprint density at radius 3 is 2.69 bits per heavy atom. The van der Waals surface area contributed by atoms with Crippen molar-refractivity contribution in [3.63, 3.8) is 0 Å². The van der Waals surface area contributed by atoms with Crippen LogP contribution in [0.2, 0.25) is 0 Å². The van der Waals surface area contributed by atoms with Crippen molar-refractivity contribution in [1.29, 1.82) is 0 Å². The quantitative estimate of drug-likeness (QED) is 0.698. The highest BCUT2D eigenvalue weighted by atomic mass is 32.1. The normalized spacial score (nSPS) is 10.3. The molecule has 3 nitrogen and oxygen atoms in total. The lowest BCUT2D eigenvalue weighted by Gasteiger charge is -2.00. The monoisotopic (exact) mass is 191 g/mol. The van der Waals surface area contributed by atoms with Gasteiger partial charge in [-0.25, -0.2) is 4.98 Å². The van der Waals surface area contributed by atoms with Crippen molar-refractivity contribution in [1.82, 2.24) is 13.9 Å². The maximum Gasteiger partial charge on any atom is 0.105 e. The fourth-order valence-corrected chi connectivity index (χ4v) is 1.34. The summed E-state index contributed by atoms with van der Waals surface area (Å²) in [4.78, 5) is 8.18. The van der Waals surface area contributed by atoms with Crippen LogP contribution in [0.5, 0.6) is 0 Å². The number of rotatable bonds is 1. The average Bonchev–Trinajstić information content (AvgIpc) is 2.53. The lowest BCUT2D eigenvalue weighted by atomic mass is 10.2. The lowest BCUT2D eigenvalue weighted by Crippen LogP contribution is -1.86. The molecular formula is C9H9N3S. The zero-order valence-corrected chi connectivity index (χ0v) is 8.07. The number of hydrogen-bond donors (Lipinski definition) is 1. The zero-order valence-electron chi connectivity index (χ0n) is 7.18. The topological polar surface area (TPSA) is 30.7 Å². The first-order valence-electron chi connectivity index (χ1n) is 3.92. The Labute approximate surface area is 82.0 Å². The van der Waals surface area contributed by atoms with Gasteiger partial charge in [0.1, 0.15) is 6.33 Å². The first-order valence-corrected chi connectivity index (χ1v) is 4.32. The van der Waals surface area contributed by atoms with E-state index in [0.29, 0.717) is 0 Å². The van der Waals surface area contributed by atoms with E-state index in [2.05, 4.69) is 22.8 Å². The molecule has 0 amide bonds. The van der Waals surface area contributed by atoms with Crippen molar-refractivity contribution in [2.75, 3.05) is 0 Å². The number of thiol groups is 1. The second kappa shape index (κ2) is 3.22. The largest absolute Gasteiger partial charge is 0.275 e. The van der Waals surface area contributed by atoms with E-state index < -0.39 is 0 Å². The Bertz CT molecular complexity index is 405. The summed E-state index contributed by atoms with van der Waals surface area (Å²) in [5.74, 6) is 0. The molecule has 0 atom stereocenters. The fraction of sp³-hybridized carbons (Fsp3) is 0.111. The van der Waals surface area contributed by atoms with Crippen molar-refractivity contribution < 1.29 is 0 Å². The number of aromatic nitrogens is 3. The average molecular weight is 191 g/mol. The van der Waals surface area contributed by atoms with Gasteiger partial charge >= 0.3 is 0 Å². The summed E-state index contributed by atoms with van der Waals surface area (Å²) in [6.45, 7) is 1.96. The molecule has 0 bridgehead atoms. The van der Waals surface area contributed by atoms with Gasteiger partial charge in [-0.2, -0.15) is 0 Å². The predicted octanol–water partition coefficient (Wildman–Crippen LogP) is 1.95. The fourth-order valence-electron chi connectivity index (χ4n) is 1.11. The molecule has 0 aliphatic carbocycles. The Morgan fingerprint density at radius 1 is 1.31 bits per heavy atom. The summed E-state index contributed by atoms with van der Waals surface area (Å²) in [6, 6.07) is 3.97. The lowest BCUT2D eigenvalue weighted by molar-refractivity contribution is 1.19. The SMILES string of the molecule is Cc1ccc(-c2cncn2S)cn1. The van der Waals surface area contributed by atoms with Crippen molar-refractivity contribution >= 4 is 12.8 Å². The van der Waals surface area contributed by atoms with Gasteiger partial charge in [0.15, 0.2) is 0 Å². The molecule has 0 saturated carbocycles. The van der Waals surface area contributed by atoms with Gasteiger partial charge in [0.05, 0.1) is 11.9 Å². The third-order valence-electron chi connectivity index (χ3n) is 1.83. The van der Waals surface area contributed by atoms with E-state index in [-0.39, 0.29) is 0 Å². The molecule has 0 aromatic carbocycles. The minimum Gasteiger partial charge on any atom is -0.275 e. The van der Waals surface area contributed by atoms with Crippen molar-refractivity contribution in [3.8, 4) is 11.3 Å². The summed E-state index contributed by atoms with van der Waals surface area (Å²) in [7, 11) is 0. The summed E-state index contributed by atoms with van der Waals surface area (Å²) in [6.07, 6.45) is 5.23. The van der Waals surface area contributed by atoms with E-state index in [1.807, 2.05) is 25.3 Å². The Balaban J connectivity index is 2.47. The number of imidazole rings is 1. The summed E-state index contributed by atoms with van der Waals surface area (Å²) >= 11 is 4.21. The van der Waals surface area contributed by atoms with Crippen LogP contribution in [0.25, 0.3) is 11.3 Å². The van der Waals surface area contributed by atoms with Crippen LogP contribution in [-0.2, 0) is 0 Å². The van der Waals surface area contributed by atoms with Crippen molar-refractivity contribution in [2.45, 2.75) is 6.92 Å². The molecule has 0 saturated heterocycles. The molecule has 2 heterocycles. The third-order valence-corrected chi connectivity index (χ3v) is 2.15. The number of pyridine rings is 1. The second-order valence-corrected chi connectivity index (χ2v) is 3.24. The minimum absolute atomic E-state index is 0.954. The minimum atomic E-state index is 0.954. The smallest absolute Gasteiger partial charge is 0.105 e. The van der Waals surface area contributed by atoms with Gasteiger partial charge in [-0.15, -0.1) is 0 Å². The molecular weight excluding hydrogens is 182 g/mol. The van der Waals surface area contributed by atoms with Crippen LogP contribution in [0.15, 0.2) is 30.9 Å². The Kier molecular flexibility index (Phi) is 2.06. The number of aryl methyl sites for hydroxylation is 1. The number of nitrogens with zero attached hydrogens (tertiary/aromatic N) is 3. The molecule has 66 valence electrons. The second-order valence-electron chi connectivity index (χ2n) is 2.81. The highest BCUT2D eigenvalue weighted by Gasteiger charge is 2.01. The predicted molar refractivity (Wildman–Crippen MR) is 54.6 cm³/mol. The highest BCUT2D eigenvalue weighted by molar-refractivity contribution is 7.78. The Morgan fingerprint density at radius 2 is 2.15 bits per heavy atom. The van der Waals surface area contributed by atoms with Crippen LogP contribution in [-0.4, -0.2) is 13.9 Å². The molecule has 0 aliphatic heterocycles. The zero-order chi connectivity index (χ0) is 9.26. The maximum atomic E-state index is 4.21. The van der Waals surface area contributed by atoms with Gasteiger partial charge in [-0.05, 0) is 19.1 Å². The van der Waals surface area contributed by atoms with Crippen LogP contribution in [0, 0.1) is 6.92 Å². The van der Waals surface area contributed by atoms with Crippen LogP contribution in [0.4, 0.5) is 0 Å². The molecule has 0 N–H and O–H groups in total. The van der Waals surface area contributed by atoms with E-state index in [4.69, 9.17) is 0 Å². The molecule has 0 unspecified atom stereocenters. The summed E-state index contributed by atoms with van der Waals surface area (Å²) in [5.41, 5.74) is 2.99. The van der Waals surface area contributed by atoms with Gasteiger partial charge in [-0.3, -0.25) is 8.96 Å². The van der Waals surface area contributed by atoms with Crippen LogP contribution >= 0.6 is 12.8 Å². The van der Waals surface area contributed by atoms with Gasteiger partial charge in [-0.1, -0.05) is 12.8 Å². The molecule has 2 rings (SSSR count). The molecule has 0 radical (unpaired) electrons. The molecule has 2 aromatic heterocycles. The van der Waals surface area contributed by atoms with Gasteiger partial charge in [0, 0.05) is 17.5 Å². The molecule has 0 spiro atoms. The maximum absolute atomic E-state index is 4.21. The van der Waals surface area contributed by atoms with Crippen LogP contribution in [0.3, 0.4) is 0 Å². The molecule has 0 aliphatic rings. The highest BCUT2D eigenvalue weighted by Crippen LogP contribution is 2.18. The van der Waals surface area contributed by atoms with Gasteiger partial charge in [0.25, 0.3) is 0 Å².